The molecule has 0 radical (unpaired) electrons. The molecule has 0 unspecified atom stereocenters. The zero-order valence-electron chi connectivity index (χ0n) is 12.9. The number of hydrogen-bond donors (Lipinski definition) is 1. The van der Waals surface area contributed by atoms with Crippen molar-refractivity contribution < 1.29 is 9.53 Å². The molecule has 0 saturated heterocycles. The summed E-state index contributed by atoms with van der Waals surface area (Å²) in [5.41, 5.74) is 1.43. The number of amides is 1. The summed E-state index contributed by atoms with van der Waals surface area (Å²) in [6, 6.07) is 11.5. The van der Waals surface area contributed by atoms with E-state index in [0.29, 0.717) is 18.0 Å². The van der Waals surface area contributed by atoms with E-state index in [-0.39, 0.29) is 11.3 Å². The molecule has 1 aromatic carbocycles. The number of pyridine rings is 1. The molecular formula is C17H19BrN2O2. The first-order valence-corrected chi connectivity index (χ1v) is 7.76. The lowest BCUT2D eigenvalue weighted by atomic mass is 9.84. The average molecular weight is 363 g/mol. The average Bonchev–Trinajstić information content (AvgIpc) is 2.53. The Bertz CT molecular complexity index is 654. The molecular weight excluding hydrogens is 344 g/mol. The van der Waals surface area contributed by atoms with Crippen molar-refractivity contribution in [1.82, 2.24) is 10.3 Å². The third kappa shape index (κ3) is 3.85. The first-order valence-electron chi connectivity index (χ1n) is 6.97. The highest BCUT2D eigenvalue weighted by molar-refractivity contribution is 9.10. The maximum atomic E-state index is 12.3. The van der Waals surface area contributed by atoms with Gasteiger partial charge in [0, 0.05) is 22.6 Å². The summed E-state index contributed by atoms with van der Waals surface area (Å²) < 4.78 is 6.16. The molecule has 0 bridgehead atoms. The molecule has 0 atom stereocenters. The van der Waals surface area contributed by atoms with Crippen LogP contribution in [0.5, 0.6) is 5.88 Å². The van der Waals surface area contributed by atoms with E-state index in [1.165, 1.54) is 7.11 Å². The number of rotatable bonds is 5. The number of methoxy groups -OCH3 is 1. The van der Waals surface area contributed by atoms with Crippen molar-refractivity contribution in [3.8, 4) is 5.88 Å². The molecule has 0 aliphatic carbocycles. The first-order chi connectivity index (χ1) is 10.4. The van der Waals surface area contributed by atoms with Crippen LogP contribution in [0.15, 0.2) is 47.1 Å². The number of nitrogens with one attached hydrogen (secondary N) is 1. The fraction of sp³-hybridized carbons (Fsp3) is 0.294. The quantitative estimate of drug-likeness (QED) is 0.884. The van der Waals surface area contributed by atoms with E-state index in [1.807, 2.05) is 12.1 Å². The van der Waals surface area contributed by atoms with Crippen LogP contribution in [0, 0.1) is 0 Å². The minimum Gasteiger partial charge on any atom is -0.480 e. The van der Waals surface area contributed by atoms with Crippen molar-refractivity contribution >= 4 is 21.8 Å². The zero-order valence-corrected chi connectivity index (χ0v) is 14.5. The van der Waals surface area contributed by atoms with Crippen molar-refractivity contribution in [3.05, 3.63) is 58.2 Å². The van der Waals surface area contributed by atoms with Crippen molar-refractivity contribution in [2.24, 2.45) is 0 Å². The standard InChI is InChI=1S/C17H19BrN2O2/c1-17(2,12-6-8-13(18)9-7-12)11-20-15(21)14-5-4-10-19-16(14)22-3/h4-10H,11H2,1-3H3,(H,20,21). The molecule has 116 valence electrons. The summed E-state index contributed by atoms with van der Waals surface area (Å²) in [4.78, 5) is 16.4. The smallest absolute Gasteiger partial charge is 0.256 e. The molecule has 5 heteroatoms. The number of carbonyl (C=O) groups excluding carboxylic acids is 1. The van der Waals surface area contributed by atoms with Gasteiger partial charge >= 0.3 is 0 Å². The molecule has 0 spiro atoms. The van der Waals surface area contributed by atoms with Crippen LogP contribution in [-0.2, 0) is 5.41 Å². The second-order valence-corrected chi connectivity index (χ2v) is 6.55. The maximum Gasteiger partial charge on any atom is 0.256 e. The third-order valence-corrected chi connectivity index (χ3v) is 4.05. The van der Waals surface area contributed by atoms with Crippen molar-refractivity contribution in [2.45, 2.75) is 19.3 Å². The lowest BCUT2D eigenvalue weighted by molar-refractivity contribution is 0.0942. The van der Waals surface area contributed by atoms with Gasteiger partial charge in [-0.15, -0.1) is 0 Å². The molecule has 22 heavy (non-hydrogen) atoms. The summed E-state index contributed by atoms with van der Waals surface area (Å²) in [5, 5.41) is 2.96. The maximum absolute atomic E-state index is 12.3. The molecule has 1 amide bonds. The minimum atomic E-state index is -0.185. The zero-order chi connectivity index (χ0) is 16.2. The Kier molecular flexibility index (Phi) is 5.19. The number of benzene rings is 1. The molecule has 1 N–H and O–H groups in total. The van der Waals surface area contributed by atoms with E-state index in [1.54, 1.807) is 18.3 Å². The molecule has 0 saturated carbocycles. The van der Waals surface area contributed by atoms with Crippen LogP contribution in [0.3, 0.4) is 0 Å². The second-order valence-electron chi connectivity index (χ2n) is 5.63. The van der Waals surface area contributed by atoms with Crippen molar-refractivity contribution in [2.75, 3.05) is 13.7 Å². The monoisotopic (exact) mass is 362 g/mol. The van der Waals surface area contributed by atoms with E-state index in [2.05, 4.69) is 52.2 Å². The van der Waals surface area contributed by atoms with Crippen LogP contribution in [0.2, 0.25) is 0 Å². The highest BCUT2D eigenvalue weighted by Gasteiger charge is 2.22. The lowest BCUT2D eigenvalue weighted by Gasteiger charge is -2.26. The van der Waals surface area contributed by atoms with E-state index in [4.69, 9.17) is 4.74 Å². The number of halogens is 1. The topological polar surface area (TPSA) is 51.2 Å². The molecule has 1 heterocycles. The Balaban J connectivity index is 2.08. The van der Waals surface area contributed by atoms with Gasteiger partial charge in [0.05, 0.1) is 7.11 Å². The molecule has 0 aliphatic rings. The van der Waals surface area contributed by atoms with Crippen molar-refractivity contribution in [3.63, 3.8) is 0 Å². The molecule has 2 aromatic rings. The van der Waals surface area contributed by atoms with Crippen LogP contribution in [0.1, 0.15) is 29.8 Å². The minimum absolute atomic E-state index is 0.175. The van der Waals surface area contributed by atoms with E-state index in [0.717, 1.165) is 10.0 Å². The Morgan fingerprint density at radius 3 is 2.59 bits per heavy atom. The van der Waals surface area contributed by atoms with Crippen LogP contribution >= 0.6 is 15.9 Å². The van der Waals surface area contributed by atoms with Gasteiger partial charge in [0.2, 0.25) is 5.88 Å². The van der Waals surface area contributed by atoms with Crippen molar-refractivity contribution in [1.29, 1.82) is 0 Å². The van der Waals surface area contributed by atoms with Crippen LogP contribution in [-0.4, -0.2) is 24.5 Å². The van der Waals surface area contributed by atoms with Crippen LogP contribution in [0.25, 0.3) is 0 Å². The summed E-state index contributed by atoms with van der Waals surface area (Å²) in [7, 11) is 1.50. The van der Waals surface area contributed by atoms with Gasteiger partial charge in [-0.3, -0.25) is 4.79 Å². The van der Waals surface area contributed by atoms with E-state index >= 15 is 0 Å². The second kappa shape index (κ2) is 6.92. The van der Waals surface area contributed by atoms with Gasteiger partial charge in [-0.25, -0.2) is 4.98 Å². The summed E-state index contributed by atoms with van der Waals surface area (Å²) in [6.07, 6.45) is 1.60. The molecule has 0 aliphatic heterocycles. The number of nitrogens with zero attached hydrogens (tertiary/aromatic N) is 1. The Hall–Kier alpha value is -1.88. The fourth-order valence-corrected chi connectivity index (χ4v) is 2.39. The predicted molar refractivity (Wildman–Crippen MR) is 90.3 cm³/mol. The summed E-state index contributed by atoms with van der Waals surface area (Å²) >= 11 is 3.43. The molecule has 4 nitrogen and oxygen atoms in total. The van der Waals surface area contributed by atoms with Gasteiger partial charge in [-0.1, -0.05) is 41.9 Å². The Labute approximate surface area is 139 Å². The van der Waals surface area contributed by atoms with Gasteiger partial charge in [0.1, 0.15) is 5.56 Å². The summed E-state index contributed by atoms with van der Waals surface area (Å²) in [5.74, 6) is 0.150. The van der Waals surface area contributed by atoms with Gasteiger partial charge < -0.3 is 10.1 Å². The third-order valence-electron chi connectivity index (χ3n) is 3.53. The van der Waals surface area contributed by atoms with E-state index < -0.39 is 0 Å². The lowest BCUT2D eigenvalue weighted by Crippen LogP contribution is -2.36. The van der Waals surface area contributed by atoms with Crippen LogP contribution in [0.4, 0.5) is 0 Å². The van der Waals surface area contributed by atoms with Gasteiger partial charge in [-0.05, 0) is 29.8 Å². The van der Waals surface area contributed by atoms with Gasteiger partial charge in [0.25, 0.3) is 5.91 Å². The number of aromatic nitrogens is 1. The predicted octanol–water partition coefficient (Wildman–Crippen LogP) is 3.56. The van der Waals surface area contributed by atoms with Gasteiger partial charge in [-0.2, -0.15) is 0 Å². The normalized spacial score (nSPS) is 11.1. The molecule has 0 fully saturated rings. The SMILES string of the molecule is COc1ncccc1C(=O)NCC(C)(C)c1ccc(Br)cc1. The molecule has 1 aromatic heterocycles. The largest absolute Gasteiger partial charge is 0.480 e. The van der Waals surface area contributed by atoms with Crippen LogP contribution < -0.4 is 10.1 Å². The molecule has 2 rings (SSSR count). The van der Waals surface area contributed by atoms with E-state index in [9.17, 15) is 4.79 Å². The number of carbonyl (C=O) groups is 1. The number of hydrogen-bond acceptors (Lipinski definition) is 3. The number of ether oxygens (including phenoxy) is 1. The highest BCUT2D eigenvalue weighted by atomic mass is 79.9. The summed E-state index contributed by atoms with van der Waals surface area (Å²) in [6.45, 7) is 4.71. The first kappa shape index (κ1) is 16.5. The Morgan fingerprint density at radius 2 is 1.95 bits per heavy atom. The Morgan fingerprint density at radius 1 is 1.27 bits per heavy atom. The highest BCUT2D eigenvalue weighted by Crippen LogP contribution is 2.24. The fourth-order valence-electron chi connectivity index (χ4n) is 2.13. The van der Waals surface area contributed by atoms with Gasteiger partial charge in [0.15, 0.2) is 0 Å².